The standard InChI is InChI=1S/C15H13N3O4S2/c1-2-22-13(20)9-3-5-18(6-4-9)14-16-8-10(23-14)7-11-12(19)17-15(21)24-11/h3-5,7-8H,2,6H2,1H3,(H,17,19,21). The molecule has 0 atom stereocenters. The zero-order valence-corrected chi connectivity index (χ0v) is 14.3. The van der Waals surface area contributed by atoms with Gasteiger partial charge in [-0.3, -0.25) is 14.9 Å². The molecular weight excluding hydrogens is 350 g/mol. The Bertz CT molecular complexity index is 794. The van der Waals surface area contributed by atoms with Crippen molar-refractivity contribution in [1.82, 2.24) is 10.3 Å². The Morgan fingerprint density at radius 1 is 1.50 bits per heavy atom. The first-order valence-electron chi connectivity index (χ1n) is 7.09. The van der Waals surface area contributed by atoms with Crippen LogP contribution in [-0.4, -0.2) is 35.3 Å². The smallest absolute Gasteiger partial charge is 0.337 e. The quantitative estimate of drug-likeness (QED) is 0.648. The van der Waals surface area contributed by atoms with Gasteiger partial charge in [-0.15, -0.1) is 0 Å². The van der Waals surface area contributed by atoms with E-state index in [0.717, 1.165) is 21.8 Å². The molecule has 2 amide bonds. The maximum Gasteiger partial charge on any atom is 0.337 e. The predicted molar refractivity (Wildman–Crippen MR) is 92.4 cm³/mol. The third-order valence-electron chi connectivity index (χ3n) is 3.13. The minimum Gasteiger partial charge on any atom is -0.462 e. The molecule has 0 spiro atoms. The van der Waals surface area contributed by atoms with E-state index in [2.05, 4.69) is 10.3 Å². The van der Waals surface area contributed by atoms with Gasteiger partial charge in [-0.1, -0.05) is 17.4 Å². The molecule has 0 radical (unpaired) electrons. The molecule has 2 aliphatic rings. The van der Waals surface area contributed by atoms with Crippen LogP contribution in [0.2, 0.25) is 0 Å². The van der Waals surface area contributed by atoms with Gasteiger partial charge < -0.3 is 9.64 Å². The summed E-state index contributed by atoms with van der Waals surface area (Å²) in [6, 6.07) is 0. The molecule has 1 saturated heterocycles. The number of amides is 2. The molecule has 0 unspecified atom stereocenters. The number of ether oxygens (including phenoxy) is 1. The second-order valence-corrected chi connectivity index (χ2v) is 6.80. The molecule has 1 fully saturated rings. The number of nitrogens with zero attached hydrogens (tertiary/aromatic N) is 2. The molecule has 3 heterocycles. The van der Waals surface area contributed by atoms with Crippen LogP contribution in [0.3, 0.4) is 0 Å². The number of thioether (sulfide) groups is 1. The molecule has 124 valence electrons. The third kappa shape index (κ3) is 3.57. The van der Waals surface area contributed by atoms with Gasteiger partial charge in [-0.2, -0.15) is 0 Å². The second kappa shape index (κ2) is 7.02. The normalized spacial score (nSPS) is 18.8. The van der Waals surface area contributed by atoms with Crippen LogP contribution in [0.1, 0.15) is 11.8 Å². The summed E-state index contributed by atoms with van der Waals surface area (Å²) in [5.74, 6) is -0.730. The number of thiazole rings is 1. The fraction of sp³-hybridized carbons (Fsp3) is 0.200. The van der Waals surface area contributed by atoms with Crippen molar-refractivity contribution in [3.63, 3.8) is 0 Å². The molecular formula is C15H13N3O4S2. The molecule has 0 aromatic carbocycles. The molecule has 0 aliphatic carbocycles. The van der Waals surface area contributed by atoms with Gasteiger partial charge in [0, 0.05) is 18.9 Å². The van der Waals surface area contributed by atoms with Crippen LogP contribution < -0.4 is 10.2 Å². The van der Waals surface area contributed by atoms with Gasteiger partial charge in [0.05, 0.1) is 22.0 Å². The maximum atomic E-state index is 11.6. The number of carbonyl (C=O) groups excluding carboxylic acids is 3. The summed E-state index contributed by atoms with van der Waals surface area (Å²) >= 11 is 2.26. The molecule has 1 N–H and O–H groups in total. The van der Waals surface area contributed by atoms with E-state index in [1.54, 1.807) is 37.5 Å². The van der Waals surface area contributed by atoms with Crippen molar-refractivity contribution in [2.24, 2.45) is 0 Å². The fourth-order valence-corrected chi connectivity index (χ4v) is 3.63. The number of hydrogen-bond acceptors (Lipinski definition) is 8. The summed E-state index contributed by atoms with van der Waals surface area (Å²) in [6.07, 6.45) is 8.50. The lowest BCUT2D eigenvalue weighted by Gasteiger charge is -2.19. The Labute approximate surface area is 146 Å². The lowest BCUT2D eigenvalue weighted by molar-refractivity contribution is -0.138. The largest absolute Gasteiger partial charge is 0.462 e. The molecule has 2 aliphatic heterocycles. The average Bonchev–Trinajstić information content (AvgIpc) is 3.15. The summed E-state index contributed by atoms with van der Waals surface area (Å²) < 4.78 is 4.95. The highest BCUT2D eigenvalue weighted by Crippen LogP contribution is 2.30. The van der Waals surface area contributed by atoms with Crippen LogP contribution in [0.15, 0.2) is 35.0 Å². The van der Waals surface area contributed by atoms with Gasteiger partial charge in [0.25, 0.3) is 11.1 Å². The van der Waals surface area contributed by atoms with Crippen LogP contribution in [-0.2, 0) is 14.3 Å². The molecule has 0 saturated carbocycles. The SMILES string of the molecule is CCOC(=O)C1=CCN(c2ncc(C=C3SC(=O)NC3=O)s2)C=C1. The topological polar surface area (TPSA) is 88.6 Å². The molecule has 9 heteroatoms. The molecule has 1 aromatic rings. The minimum atomic E-state index is -0.389. The van der Waals surface area contributed by atoms with E-state index in [1.165, 1.54) is 11.3 Å². The van der Waals surface area contributed by atoms with Crippen LogP contribution in [0.25, 0.3) is 6.08 Å². The van der Waals surface area contributed by atoms with Crippen LogP contribution in [0, 0.1) is 0 Å². The van der Waals surface area contributed by atoms with Gasteiger partial charge in [-0.25, -0.2) is 9.78 Å². The third-order valence-corrected chi connectivity index (χ3v) is 4.92. The van der Waals surface area contributed by atoms with Gasteiger partial charge in [0.1, 0.15) is 0 Å². The maximum absolute atomic E-state index is 11.6. The van der Waals surface area contributed by atoms with Crippen molar-refractivity contribution < 1.29 is 19.1 Å². The van der Waals surface area contributed by atoms with Crippen molar-refractivity contribution in [3.05, 3.63) is 39.9 Å². The minimum absolute atomic E-state index is 0.340. The zero-order chi connectivity index (χ0) is 17.1. The summed E-state index contributed by atoms with van der Waals surface area (Å²) in [7, 11) is 0. The van der Waals surface area contributed by atoms with E-state index in [0.29, 0.717) is 23.6 Å². The van der Waals surface area contributed by atoms with E-state index < -0.39 is 0 Å². The van der Waals surface area contributed by atoms with E-state index in [4.69, 9.17) is 4.74 Å². The van der Waals surface area contributed by atoms with Crippen molar-refractivity contribution in [2.45, 2.75) is 6.92 Å². The summed E-state index contributed by atoms with van der Waals surface area (Å²) in [5, 5.41) is 2.57. The summed E-state index contributed by atoms with van der Waals surface area (Å²) in [6.45, 7) is 2.60. The molecule has 24 heavy (non-hydrogen) atoms. The molecule has 7 nitrogen and oxygen atoms in total. The van der Waals surface area contributed by atoms with E-state index in [1.807, 2.05) is 4.90 Å². The Kier molecular flexibility index (Phi) is 4.81. The first kappa shape index (κ1) is 16.5. The van der Waals surface area contributed by atoms with Gasteiger partial charge in [-0.05, 0) is 30.8 Å². The lowest BCUT2D eigenvalue weighted by atomic mass is 10.2. The van der Waals surface area contributed by atoms with Crippen molar-refractivity contribution in [3.8, 4) is 0 Å². The fourth-order valence-electron chi connectivity index (χ4n) is 2.03. The van der Waals surface area contributed by atoms with Crippen LogP contribution in [0.5, 0.6) is 0 Å². The number of imide groups is 1. The highest BCUT2D eigenvalue weighted by Gasteiger charge is 2.25. The van der Waals surface area contributed by atoms with Crippen molar-refractivity contribution >= 4 is 51.4 Å². The Morgan fingerprint density at radius 3 is 2.96 bits per heavy atom. The Balaban J connectivity index is 1.68. The molecule has 0 bridgehead atoms. The number of nitrogens with one attached hydrogen (secondary N) is 1. The monoisotopic (exact) mass is 363 g/mol. The van der Waals surface area contributed by atoms with E-state index >= 15 is 0 Å². The van der Waals surface area contributed by atoms with Gasteiger partial charge in [0.2, 0.25) is 0 Å². The van der Waals surface area contributed by atoms with E-state index in [-0.39, 0.29) is 17.1 Å². The second-order valence-electron chi connectivity index (χ2n) is 4.75. The average molecular weight is 363 g/mol. The number of carbonyl (C=O) groups is 3. The van der Waals surface area contributed by atoms with Gasteiger partial charge >= 0.3 is 5.97 Å². The highest BCUT2D eigenvalue weighted by molar-refractivity contribution is 8.18. The highest BCUT2D eigenvalue weighted by atomic mass is 32.2. The number of anilines is 1. The van der Waals surface area contributed by atoms with Crippen molar-refractivity contribution in [1.29, 1.82) is 0 Å². The molecule has 1 aromatic heterocycles. The summed E-state index contributed by atoms with van der Waals surface area (Å²) in [4.78, 5) is 41.7. The molecule has 3 rings (SSSR count). The number of esters is 1. The number of rotatable bonds is 4. The Morgan fingerprint density at radius 2 is 2.33 bits per heavy atom. The lowest BCUT2D eigenvalue weighted by Crippen LogP contribution is -2.21. The summed E-state index contributed by atoms with van der Waals surface area (Å²) in [5.41, 5.74) is 0.518. The first-order chi connectivity index (χ1) is 11.6. The van der Waals surface area contributed by atoms with Gasteiger partial charge in [0.15, 0.2) is 5.13 Å². The zero-order valence-electron chi connectivity index (χ0n) is 12.6. The van der Waals surface area contributed by atoms with Crippen LogP contribution in [0.4, 0.5) is 9.93 Å². The number of aromatic nitrogens is 1. The van der Waals surface area contributed by atoms with Crippen LogP contribution >= 0.6 is 23.1 Å². The first-order valence-corrected chi connectivity index (χ1v) is 8.73. The Hall–Kier alpha value is -2.39. The number of hydrogen-bond donors (Lipinski definition) is 1. The van der Waals surface area contributed by atoms with E-state index in [9.17, 15) is 14.4 Å². The predicted octanol–water partition coefficient (Wildman–Crippen LogP) is 2.29. The van der Waals surface area contributed by atoms with Crippen molar-refractivity contribution in [2.75, 3.05) is 18.1 Å².